The molecule has 0 saturated heterocycles. The van der Waals surface area contributed by atoms with Crippen LogP contribution in [0.1, 0.15) is 78.1 Å². The Hall–Kier alpha value is -3.76. The first-order valence-corrected chi connectivity index (χ1v) is 13.6. The van der Waals surface area contributed by atoms with Gasteiger partial charge in [-0.05, 0) is 31.0 Å². The van der Waals surface area contributed by atoms with Crippen molar-refractivity contribution < 1.29 is 23.8 Å². The zero-order chi connectivity index (χ0) is 28.7. The third-order valence-corrected chi connectivity index (χ3v) is 5.50. The van der Waals surface area contributed by atoms with Crippen molar-refractivity contribution in [3.63, 3.8) is 0 Å². The number of esters is 2. The van der Waals surface area contributed by atoms with Crippen molar-refractivity contribution in [1.82, 2.24) is 9.97 Å². The molecule has 0 fully saturated rings. The molecule has 39 heavy (non-hydrogen) atoms. The van der Waals surface area contributed by atoms with E-state index in [9.17, 15) is 9.59 Å². The van der Waals surface area contributed by atoms with Crippen molar-refractivity contribution in [2.24, 2.45) is 10.2 Å². The van der Waals surface area contributed by atoms with Gasteiger partial charge in [-0.15, -0.1) is 10.2 Å². The number of azo groups is 1. The van der Waals surface area contributed by atoms with Gasteiger partial charge < -0.3 is 25.3 Å². The summed E-state index contributed by atoms with van der Waals surface area (Å²) >= 11 is 0. The van der Waals surface area contributed by atoms with E-state index in [-0.39, 0.29) is 18.3 Å². The van der Waals surface area contributed by atoms with Crippen molar-refractivity contribution in [3.8, 4) is 5.88 Å². The van der Waals surface area contributed by atoms with Crippen molar-refractivity contribution in [2.45, 2.75) is 78.1 Å². The Morgan fingerprint density at radius 1 is 0.872 bits per heavy atom. The predicted octanol–water partition coefficient (Wildman–Crippen LogP) is 6.54. The summed E-state index contributed by atoms with van der Waals surface area (Å²) in [5.41, 5.74) is 6.84. The van der Waals surface area contributed by atoms with E-state index in [2.05, 4.69) is 48.8 Å². The molecule has 216 valence electrons. The van der Waals surface area contributed by atoms with Crippen LogP contribution in [0.2, 0.25) is 0 Å². The van der Waals surface area contributed by atoms with E-state index < -0.39 is 5.97 Å². The zero-order valence-electron chi connectivity index (χ0n) is 23.8. The zero-order valence-corrected chi connectivity index (χ0v) is 23.8. The van der Waals surface area contributed by atoms with E-state index in [0.717, 1.165) is 19.3 Å². The Morgan fingerprint density at radius 2 is 1.56 bits per heavy atom. The first-order valence-electron chi connectivity index (χ1n) is 13.6. The van der Waals surface area contributed by atoms with Crippen molar-refractivity contribution in [3.05, 3.63) is 30.5 Å². The quantitative estimate of drug-likeness (QED) is 0.128. The van der Waals surface area contributed by atoms with Crippen molar-refractivity contribution in [1.29, 1.82) is 0 Å². The number of carbonyl (C=O) groups excluding carboxylic acids is 2. The molecule has 0 atom stereocenters. The predicted molar refractivity (Wildman–Crippen MR) is 153 cm³/mol. The molecular weight excluding hydrogens is 500 g/mol. The lowest BCUT2D eigenvalue weighted by molar-refractivity contribution is -0.141. The molecule has 0 bridgehead atoms. The van der Waals surface area contributed by atoms with Gasteiger partial charge in [0.1, 0.15) is 23.7 Å². The van der Waals surface area contributed by atoms with Gasteiger partial charge in [0.05, 0.1) is 27.0 Å². The maximum absolute atomic E-state index is 11.1. The third kappa shape index (κ3) is 15.9. The number of aromatic nitrogens is 2. The van der Waals surface area contributed by atoms with E-state index in [1.54, 1.807) is 30.5 Å². The average Bonchev–Trinajstić information content (AvgIpc) is 2.96. The molecule has 0 aliphatic rings. The number of anilines is 2. The van der Waals surface area contributed by atoms with Crippen LogP contribution < -0.4 is 15.8 Å². The Morgan fingerprint density at radius 3 is 2.18 bits per heavy atom. The lowest BCUT2D eigenvalue weighted by Crippen LogP contribution is -2.15. The van der Waals surface area contributed by atoms with Gasteiger partial charge in [0, 0.05) is 12.5 Å². The first kappa shape index (κ1) is 33.3. The van der Waals surface area contributed by atoms with Crippen LogP contribution >= 0.6 is 0 Å². The SMILES string of the molecule is CCCCCCCCCC(=O)OC.CCCCOc1ccc(N=Nc2ccc(NCC(=O)OC)nc2N)cn1. The van der Waals surface area contributed by atoms with Crippen LogP contribution in [0, 0.1) is 0 Å². The van der Waals surface area contributed by atoms with E-state index >= 15 is 0 Å². The van der Waals surface area contributed by atoms with Crippen LogP contribution in [0.15, 0.2) is 40.7 Å². The number of nitrogen functional groups attached to an aromatic ring is 1. The fraction of sp³-hybridized carbons (Fsp3) is 0.571. The van der Waals surface area contributed by atoms with Gasteiger partial charge in [0.15, 0.2) is 5.82 Å². The molecule has 0 aliphatic heterocycles. The van der Waals surface area contributed by atoms with E-state index in [1.807, 2.05) is 0 Å². The van der Waals surface area contributed by atoms with E-state index in [0.29, 0.717) is 36.1 Å². The third-order valence-electron chi connectivity index (χ3n) is 5.50. The Bertz CT molecular complexity index is 985. The number of unbranched alkanes of at least 4 members (excludes halogenated alkanes) is 7. The molecule has 2 aromatic rings. The van der Waals surface area contributed by atoms with Crippen LogP contribution in [0.25, 0.3) is 0 Å². The molecule has 2 heterocycles. The highest BCUT2D eigenvalue weighted by molar-refractivity contribution is 5.74. The van der Waals surface area contributed by atoms with Gasteiger partial charge in [-0.2, -0.15) is 0 Å². The molecule has 0 aromatic carbocycles. The van der Waals surface area contributed by atoms with Gasteiger partial charge >= 0.3 is 11.9 Å². The number of nitrogens with zero attached hydrogens (tertiary/aromatic N) is 4. The molecule has 0 amide bonds. The van der Waals surface area contributed by atoms with Gasteiger partial charge in [-0.25, -0.2) is 9.97 Å². The average molecular weight is 545 g/mol. The molecule has 2 aromatic heterocycles. The summed E-state index contributed by atoms with van der Waals surface area (Å²) in [6, 6.07) is 6.80. The second-order valence-corrected chi connectivity index (χ2v) is 8.73. The van der Waals surface area contributed by atoms with Crippen LogP contribution in [0.3, 0.4) is 0 Å². The molecule has 11 nitrogen and oxygen atoms in total. The number of carbonyl (C=O) groups is 2. The fourth-order valence-electron chi connectivity index (χ4n) is 3.16. The molecule has 0 radical (unpaired) electrons. The maximum Gasteiger partial charge on any atom is 0.325 e. The Kier molecular flexibility index (Phi) is 18.1. The summed E-state index contributed by atoms with van der Waals surface area (Å²) in [5.74, 6) is 0.718. The molecule has 11 heteroatoms. The van der Waals surface area contributed by atoms with Crippen LogP contribution in [0.5, 0.6) is 5.88 Å². The summed E-state index contributed by atoms with van der Waals surface area (Å²) in [6.07, 6.45) is 12.9. The summed E-state index contributed by atoms with van der Waals surface area (Å²) in [7, 11) is 2.76. The second-order valence-electron chi connectivity index (χ2n) is 8.73. The van der Waals surface area contributed by atoms with Gasteiger partial charge in [-0.1, -0.05) is 58.8 Å². The van der Waals surface area contributed by atoms with E-state index in [1.165, 1.54) is 52.7 Å². The number of hydrogen-bond acceptors (Lipinski definition) is 11. The lowest BCUT2D eigenvalue weighted by Gasteiger charge is -2.06. The molecule has 0 saturated carbocycles. The number of methoxy groups -OCH3 is 2. The minimum atomic E-state index is -0.399. The Labute approximate surface area is 232 Å². The highest BCUT2D eigenvalue weighted by Crippen LogP contribution is 2.25. The number of hydrogen-bond donors (Lipinski definition) is 2. The molecular formula is C28H44N6O5. The van der Waals surface area contributed by atoms with Crippen molar-refractivity contribution >= 4 is 34.9 Å². The van der Waals surface area contributed by atoms with Crippen LogP contribution in [0.4, 0.5) is 23.0 Å². The fourth-order valence-corrected chi connectivity index (χ4v) is 3.16. The van der Waals surface area contributed by atoms with Crippen LogP contribution in [-0.2, 0) is 19.1 Å². The van der Waals surface area contributed by atoms with Crippen molar-refractivity contribution in [2.75, 3.05) is 38.4 Å². The topological polar surface area (TPSA) is 150 Å². The minimum absolute atomic E-state index is 0.00213. The Balaban J connectivity index is 0.000000495. The number of rotatable bonds is 17. The molecule has 0 spiro atoms. The number of pyridine rings is 2. The normalized spacial score (nSPS) is 10.5. The van der Waals surface area contributed by atoms with Gasteiger partial charge in [0.2, 0.25) is 5.88 Å². The number of nitrogens with one attached hydrogen (secondary N) is 1. The van der Waals surface area contributed by atoms with Crippen LogP contribution in [-0.4, -0.2) is 49.3 Å². The summed E-state index contributed by atoms with van der Waals surface area (Å²) in [5, 5.41) is 11.0. The molecule has 0 unspecified atom stereocenters. The first-order chi connectivity index (χ1) is 18.9. The number of ether oxygens (including phenoxy) is 3. The highest BCUT2D eigenvalue weighted by Gasteiger charge is 2.05. The number of nitrogens with two attached hydrogens (primary N) is 1. The monoisotopic (exact) mass is 544 g/mol. The van der Waals surface area contributed by atoms with E-state index in [4.69, 9.17) is 10.5 Å². The maximum atomic E-state index is 11.1. The smallest absolute Gasteiger partial charge is 0.325 e. The molecule has 0 aliphatic carbocycles. The lowest BCUT2D eigenvalue weighted by atomic mass is 10.1. The van der Waals surface area contributed by atoms with Gasteiger partial charge in [-0.3, -0.25) is 9.59 Å². The largest absolute Gasteiger partial charge is 0.478 e. The second kappa shape index (κ2) is 21.2. The summed E-state index contributed by atoms with van der Waals surface area (Å²) in [6.45, 7) is 4.96. The van der Waals surface area contributed by atoms with Gasteiger partial charge in [0.25, 0.3) is 0 Å². The highest BCUT2D eigenvalue weighted by atomic mass is 16.5. The summed E-state index contributed by atoms with van der Waals surface area (Å²) in [4.78, 5) is 30.1. The summed E-state index contributed by atoms with van der Waals surface area (Å²) < 4.78 is 14.6. The standard InChI is InChI=1S/C17H22N6O3.C11H22O2/c1-3-4-9-26-15-8-5-12(10-20-15)22-23-13-6-7-14(21-17(13)18)19-11-16(24)25-2;1-3-4-5-6-7-8-9-10-11(12)13-2/h5-8,10H,3-4,9,11H2,1-2H3,(H3,18,19,21);3-10H2,1-2H3. The minimum Gasteiger partial charge on any atom is -0.478 e. The molecule has 2 rings (SSSR count). The molecule has 3 N–H and O–H groups in total.